The maximum atomic E-state index is 6.17. The number of rotatable bonds is 5. The number of allylic oxidation sites excluding steroid dienone is 1. The minimum absolute atomic E-state index is 0.494. The Morgan fingerprint density at radius 1 is 1.04 bits per heavy atom. The van der Waals surface area contributed by atoms with Crippen molar-refractivity contribution in [1.29, 1.82) is 0 Å². The molecule has 0 radical (unpaired) electrons. The average molecular weight is 409 g/mol. The molecule has 0 aliphatic carbocycles. The second kappa shape index (κ2) is 8.00. The Hall–Kier alpha value is -2.89. The summed E-state index contributed by atoms with van der Waals surface area (Å²) in [5, 5.41) is 3.62. The van der Waals surface area contributed by atoms with Crippen LogP contribution in [-0.4, -0.2) is 17.1 Å². The molecule has 2 aromatic heterocycles. The summed E-state index contributed by atoms with van der Waals surface area (Å²) in [6.45, 7) is 1.98. The second-order valence-electron chi connectivity index (χ2n) is 6.03. The zero-order valence-corrected chi connectivity index (χ0v) is 16.9. The average Bonchev–Trinajstić information content (AvgIpc) is 3.15. The first-order valence-electron chi connectivity index (χ1n) is 8.66. The van der Waals surface area contributed by atoms with Gasteiger partial charge in [0.1, 0.15) is 11.2 Å². The van der Waals surface area contributed by atoms with E-state index in [4.69, 9.17) is 21.1 Å². The molecule has 4 nitrogen and oxygen atoms in total. The van der Waals surface area contributed by atoms with Crippen molar-refractivity contribution in [1.82, 2.24) is 9.97 Å². The zero-order chi connectivity index (χ0) is 19.5. The summed E-state index contributed by atoms with van der Waals surface area (Å²) in [4.78, 5) is 9.64. The summed E-state index contributed by atoms with van der Waals surface area (Å²) < 4.78 is 11.7. The predicted molar refractivity (Wildman–Crippen MR) is 116 cm³/mol. The molecule has 0 bridgehead atoms. The molecule has 4 aromatic rings. The van der Waals surface area contributed by atoms with E-state index in [0.717, 1.165) is 26.9 Å². The smallest absolute Gasteiger partial charge is 0.231 e. The van der Waals surface area contributed by atoms with E-state index >= 15 is 0 Å². The van der Waals surface area contributed by atoms with Crippen molar-refractivity contribution >= 4 is 39.2 Å². The van der Waals surface area contributed by atoms with E-state index in [9.17, 15) is 0 Å². The Bertz CT molecular complexity index is 1150. The van der Waals surface area contributed by atoms with Crippen molar-refractivity contribution in [2.45, 2.75) is 6.92 Å². The predicted octanol–water partition coefficient (Wildman–Crippen LogP) is 6.85. The molecule has 0 spiro atoms. The molecule has 2 heterocycles. The van der Waals surface area contributed by atoms with Crippen molar-refractivity contribution in [2.75, 3.05) is 7.11 Å². The van der Waals surface area contributed by atoms with Gasteiger partial charge in [-0.05, 0) is 42.3 Å². The number of fused-ring (bicyclic) bond motifs is 1. The van der Waals surface area contributed by atoms with Crippen LogP contribution in [0.25, 0.3) is 27.4 Å². The quantitative estimate of drug-likeness (QED) is 0.362. The lowest BCUT2D eigenvalue weighted by Gasteiger charge is -2.12. The van der Waals surface area contributed by atoms with Crippen LogP contribution in [0.2, 0.25) is 5.02 Å². The highest BCUT2D eigenvalue weighted by atomic mass is 35.5. The molecule has 4 rings (SSSR count). The third kappa shape index (κ3) is 3.59. The van der Waals surface area contributed by atoms with Gasteiger partial charge in [-0.15, -0.1) is 11.3 Å². The number of aromatic nitrogens is 2. The molecule has 28 heavy (non-hydrogen) atoms. The number of benzene rings is 2. The van der Waals surface area contributed by atoms with Gasteiger partial charge in [-0.3, -0.25) is 0 Å². The van der Waals surface area contributed by atoms with E-state index in [1.54, 1.807) is 18.4 Å². The van der Waals surface area contributed by atoms with Crippen molar-refractivity contribution in [3.63, 3.8) is 0 Å². The summed E-state index contributed by atoms with van der Waals surface area (Å²) in [6.07, 6.45) is 5.50. The fraction of sp³-hybridized carbons (Fsp3) is 0.0909. The SMILES string of the molecule is CC=Cc1ccc(Oc2ncnc3scc(-c4ccc(Cl)cc4)c23)c(OC)c1. The van der Waals surface area contributed by atoms with Gasteiger partial charge in [0, 0.05) is 16.0 Å². The van der Waals surface area contributed by atoms with E-state index in [0.29, 0.717) is 22.4 Å². The van der Waals surface area contributed by atoms with Gasteiger partial charge in [0.2, 0.25) is 5.88 Å². The molecule has 0 saturated carbocycles. The van der Waals surface area contributed by atoms with Crippen molar-refractivity contribution < 1.29 is 9.47 Å². The number of ether oxygens (including phenoxy) is 2. The molecule has 0 aliphatic heterocycles. The summed E-state index contributed by atoms with van der Waals surface area (Å²) in [7, 11) is 1.63. The number of hydrogen-bond acceptors (Lipinski definition) is 5. The molecular weight excluding hydrogens is 392 g/mol. The van der Waals surface area contributed by atoms with E-state index in [1.165, 1.54) is 6.33 Å². The van der Waals surface area contributed by atoms with Crippen molar-refractivity contribution in [3.8, 4) is 28.5 Å². The van der Waals surface area contributed by atoms with Crippen LogP contribution in [0, 0.1) is 0 Å². The molecule has 6 heteroatoms. The highest BCUT2D eigenvalue weighted by Crippen LogP contribution is 2.41. The van der Waals surface area contributed by atoms with Gasteiger partial charge in [0.15, 0.2) is 11.5 Å². The van der Waals surface area contributed by atoms with E-state index < -0.39 is 0 Å². The first kappa shape index (κ1) is 18.5. The third-order valence-electron chi connectivity index (χ3n) is 4.24. The van der Waals surface area contributed by atoms with Crippen LogP contribution in [0.4, 0.5) is 0 Å². The molecule has 0 fully saturated rings. The Morgan fingerprint density at radius 2 is 1.86 bits per heavy atom. The summed E-state index contributed by atoms with van der Waals surface area (Å²) in [5.74, 6) is 1.74. The standard InChI is InChI=1S/C22H17ClN2O2S/c1-3-4-14-5-10-18(19(11-14)26-2)27-21-20-17(12-28-22(20)25-13-24-21)15-6-8-16(23)9-7-15/h3-13H,1-2H3. The first-order chi connectivity index (χ1) is 13.7. The molecule has 0 unspecified atom stereocenters. The molecular formula is C22H17ClN2O2S. The molecule has 0 saturated heterocycles. The normalized spacial score (nSPS) is 11.2. The Morgan fingerprint density at radius 3 is 2.61 bits per heavy atom. The summed E-state index contributed by atoms with van der Waals surface area (Å²) in [6, 6.07) is 13.5. The van der Waals surface area contributed by atoms with Crippen LogP contribution in [0.5, 0.6) is 17.4 Å². The Labute approximate surface area is 172 Å². The van der Waals surface area contributed by atoms with Gasteiger partial charge >= 0.3 is 0 Å². The van der Waals surface area contributed by atoms with Gasteiger partial charge < -0.3 is 9.47 Å². The van der Waals surface area contributed by atoms with Gasteiger partial charge in [-0.2, -0.15) is 0 Å². The fourth-order valence-electron chi connectivity index (χ4n) is 2.94. The van der Waals surface area contributed by atoms with Gasteiger partial charge in [0.25, 0.3) is 0 Å². The van der Waals surface area contributed by atoms with Crippen LogP contribution >= 0.6 is 22.9 Å². The van der Waals surface area contributed by atoms with Crippen LogP contribution < -0.4 is 9.47 Å². The highest BCUT2D eigenvalue weighted by Gasteiger charge is 2.16. The Balaban J connectivity index is 1.79. The maximum absolute atomic E-state index is 6.17. The maximum Gasteiger partial charge on any atom is 0.231 e. The second-order valence-corrected chi connectivity index (χ2v) is 7.32. The summed E-state index contributed by atoms with van der Waals surface area (Å²) >= 11 is 7.59. The lowest BCUT2D eigenvalue weighted by Crippen LogP contribution is -1.94. The summed E-state index contributed by atoms with van der Waals surface area (Å²) in [5.41, 5.74) is 3.08. The number of nitrogens with zero attached hydrogens (tertiary/aromatic N) is 2. The minimum atomic E-state index is 0.494. The fourth-order valence-corrected chi connectivity index (χ4v) is 3.97. The number of methoxy groups -OCH3 is 1. The molecule has 0 N–H and O–H groups in total. The molecule has 0 amide bonds. The van der Waals surface area contributed by atoms with Gasteiger partial charge in [-0.1, -0.05) is 42.0 Å². The van der Waals surface area contributed by atoms with Crippen molar-refractivity contribution in [3.05, 3.63) is 70.8 Å². The number of halogens is 1. The van der Waals surface area contributed by atoms with Crippen molar-refractivity contribution in [2.24, 2.45) is 0 Å². The molecule has 0 atom stereocenters. The molecule has 2 aromatic carbocycles. The number of hydrogen-bond donors (Lipinski definition) is 0. The van der Waals surface area contributed by atoms with Gasteiger partial charge in [-0.25, -0.2) is 9.97 Å². The van der Waals surface area contributed by atoms with Crippen LogP contribution in [0.3, 0.4) is 0 Å². The third-order valence-corrected chi connectivity index (χ3v) is 5.38. The lowest BCUT2D eigenvalue weighted by atomic mass is 10.1. The van der Waals surface area contributed by atoms with Crippen LogP contribution in [0.1, 0.15) is 12.5 Å². The van der Waals surface area contributed by atoms with E-state index in [-0.39, 0.29) is 0 Å². The number of thiophene rings is 1. The van der Waals surface area contributed by atoms with E-state index in [2.05, 4.69) is 15.3 Å². The van der Waals surface area contributed by atoms with Gasteiger partial charge in [0.05, 0.1) is 12.5 Å². The topological polar surface area (TPSA) is 44.2 Å². The Kier molecular flexibility index (Phi) is 5.28. The van der Waals surface area contributed by atoms with Crippen LogP contribution in [-0.2, 0) is 0 Å². The largest absolute Gasteiger partial charge is 0.493 e. The van der Waals surface area contributed by atoms with Crippen LogP contribution in [0.15, 0.2) is 60.2 Å². The molecule has 140 valence electrons. The first-order valence-corrected chi connectivity index (χ1v) is 9.92. The minimum Gasteiger partial charge on any atom is -0.493 e. The monoisotopic (exact) mass is 408 g/mol. The highest BCUT2D eigenvalue weighted by molar-refractivity contribution is 7.17. The molecule has 0 aliphatic rings. The zero-order valence-electron chi connectivity index (χ0n) is 15.3. The van der Waals surface area contributed by atoms with E-state index in [1.807, 2.05) is 61.5 Å². The lowest BCUT2D eigenvalue weighted by molar-refractivity contribution is 0.375.